The van der Waals surface area contributed by atoms with E-state index in [4.69, 9.17) is 0 Å². The first kappa shape index (κ1) is 23.7. The molecule has 0 bridgehead atoms. The Morgan fingerprint density at radius 3 is 2.51 bits per heavy atom. The van der Waals surface area contributed by atoms with E-state index < -0.39 is 64.4 Å². The Hall–Kier alpha value is -3.05. The lowest BCUT2D eigenvalue weighted by Gasteiger charge is -2.46. The number of hydrogen-bond donors (Lipinski definition) is 5. The lowest BCUT2D eigenvalue weighted by molar-refractivity contribution is -0.275. The molecule has 0 radical (unpaired) electrons. The van der Waals surface area contributed by atoms with Crippen LogP contribution < -0.4 is 10.1 Å². The summed E-state index contributed by atoms with van der Waals surface area (Å²) >= 11 is 0. The molecule has 1 aromatic carbocycles. The van der Waals surface area contributed by atoms with E-state index in [1.54, 1.807) is 0 Å². The quantitative estimate of drug-likeness (QED) is 0.422. The van der Waals surface area contributed by atoms with Gasteiger partial charge in [0, 0.05) is 40.7 Å². The van der Waals surface area contributed by atoms with E-state index in [2.05, 4.69) is 10.1 Å². The molecule has 0 spiro atoms. The van der Waals surface area contributed by atoms with E-state index in [1.165, 1.54) is 6.92 Å². The molecule has 1 heterocycles. The fourth-order valence-corrected chi connectivity index (χ4v) is 6.03. The van der Waals surface area contributed by atoms with Gasteiger partial charge in [-0.1, -0.05) is 0 Å². The highest BCUT2D eigenvalue weighted by Gasteiger charge is 2.59. The average Bonchev–Trinajstić information content (AvgIpc) is 3.30. The molecule has 2 unspecified atom stereocenters. The van der Waals surface area contributed by atoms with Gasteiger partial charge in [0.05, 0.1) is 5.56 Å². The third kappa shape index (κ3) is 3.43. The molecule has 3 aliphatic carbocycles. The van der Waals surface area contributed by atoms with Crippen LogP contribution in [-0.2, 0) is 16.0 Å². The minimum atomic E-state index is -5.05. The largest absolute Gasteiger partial charge is 0.573 e. The topological polar surface area (TPSA) is 136 Å². The van der Waals surface area contributed by atoms with Crippen LogP contribution >= 0.6 is 0 Å². The van der Waals surface area contributed by atoms with Crippen LogP contribution in [0.3, 0.4) is 0 Å². The van der Waals surface area contributed by atoms with Gasteiger partial charge in [0.25, 0.3) is 0 Å². The second kappa shape index (κ2) is 7.72. The van der Waals surface area contributed by atoms with Crippen molar-refractivity contribution >= 4 is 17.3 Å². The van der Waals surface area contributed by atoms with Gasteiger partial charge in [0.2, 0.25) is 5.78 Å². The van der Waals surface area contributed by atoms with Gasteiger partial charge in [-0.25, -0.2) is 0 Å². The zero-order valence-corrected chi connectivity index (χ0v) is 18.7. The summed E-state index contributed by atoms with van der Waals surface area (Å²) in [5, 5.41) is 46.6. The molecule has 1 saturated heterocycles. The molecule has 1 aromatic rings. The van der Waals surface area contributed by atoms with Crippen LogP contribution in [-0.4, -0.2) is 50.5 Å². The van der Waals surface area contributed by atoms with Gasteiger partial charge >= 0.3 is 6.36 Å². The number of rotatable bonds is 2. The van der Waals surface area contributed by atoms with Crippen molar-refractivity contribution in [3.8, 4) is 11.5 Å². The van der Waals surface area contributed by atoms with Gasteiger partial charge in [-0.3, -0.25) is 9.59 Å². The van der Waals surface area contributed by atoms with Crippen LogP contribution in [0.5, 0.6) is 11.5 Å². The number of fused-ring (bicyclic) bond motifs is 3. The van der Waals surface area contributed by atoms with E-state index in [9.17, 15) is 43.2 Å². The van der Waals surface area contributed by atoms with Crippen LogP contribution in [0.2, 0.25) is 0 Å². The van der Waals surface area contributed by atoms with Crippen molar-refractivity contribution in [2.24, 2.45) is 11.8 Å². The standard InChI is InChI=1S/C24H24F3NO7/c1-9-15(29)7-11-5-10-6-13-18(19(31)17(10)22(33)23(11,34)21(9)32)16(30)8-12(14-3-2-4-28-14)20(13)35-24(25,26)27/h8,10-11,14,28,30-32,34H,2-7H2,1H3/t10?,11-,14?,23+/m0/s1. The molecule has 4 atom stereocenters. The Morgan fingerprint density at radius 2 is 1.89 bits per heavy atom. The summed E-state index contributed by atoms with van der Waals surface area (Å²) in [5.74, 6) is -6.00. The Bertz CT molecular complexity index is 1210. The SMILES string of the molecule is CC1=C(O)[C@@]2(O)C(=O)C3=C(O)c4c(O)cc(C5CCCN5)c(OC(F)(F)F)c4CC3C[C@H]2CC1=O. The highest BCUT2D eigenvalue weighted by Crippen LogP contribution is 2.54. The maximum absolute atomic E-state index is 13.4. The number of aliphatic hydroxyl groups excluding tert-OH is 2. The van der Waals surface area contributed by atoms with Gasteiger partial charge in [0.1, 0.15) is 23.0 Å². The molecule has 1 aliphatic heterocycles. The van der Waals surface area contributed by atoms with Crippen molar-refractivity contribution in [1.82, 2.24) is 5.32 Å². The lowest BCUT2D eigenvalue weighted by Crippen LogP contribution is -2.57. The molecular weight excluding hydrogens is 471 g/mol. The maximum atomic E-state index is 13.4. The van der Waals surface area contributed by atoms with Gasteiger partial charge in [-0.2, -0.15) is 0 Å². The first-order chi connectivity index (χ1) is 16.3. The number of phenols is 1. The summed E-state index contributed by atoms with van der Waals surface area (Å²) < 4.78 is 44.7. The number of nitrogens with one attached hydrogen (secondary N) is 1. The van der Waals surface area contributed by atoms with Gasteiger partial charge < -0.3 is 30.5 Å². The van der Waals surface area contributed by atoms with Crippen molar-refractivity contribution in [2.75, 3.05) is 6.54 Å². The van der Waals surface area contributed by atoms with Gasteiger partial charge in [-0.15, -0.1) is 13.2 Å². The number of carbonyl (C=O) groups excluding carboxylic acids is 2. The van der Waals surface area contributed by atoms with E-state index in [-0.39, 0.29) is 47.1 Å². The highest BCUT2D eigenvalue weighted by atomic mass is 19.4. The summed E-state index contributed by atoms with van der Waals surface area (Å²) in [6, 6.07) is 0.584. The summed E-state index contributed by atoms with van der Waals surface area (Å²) in [6.45, 7) is 1.85. The first-order valence-corrected chi connectivity index (χ1v) is 11.4. The predicted octanol–water partition coefficient (Wildman–Crippen LogP) is 3.28. The minimum absolute atomic E-state index is 0.0533. The number of carbonyl (C=O) groups is 2. The molecule has 8 nitrogen and oxygen atoms in total. The zero-order valence-electron chi connectivity index (χ0n) is 18.7. The number of ketones is 2. The number of halogens is 3. The second-order valence-corrected chi connectivity index (χ2v) is 9.66. The monoisotopic (exact) mass is 495 g/mol. The molecule has 11 heteroatoms. The number of phenolic OH excluding ortho intramolecular Hbond substituents is 1. The van der Waals surface area contributed by atoms with Crippen molar-refractivity contribution in [2.45, 2.75) is 57.0 Å². The van der Waals surface area contributed by atoms with Crippen molar-refractivity contribution in [3.63, 3.8) is 0 Å². The van der Waals surface area contributed by atoms with Crippen LogP contribution in [0.1, 0.15) is 55.3 Å². The molecule has 4 aliphatic rings. The Balaban J connectivity index is 1.71. The summed E-state index contributed by atoms with van der Waals surface area (Å²) in [4.78, 5) is 25.7. The minimum Gasteiger partial charge on any atom is -0.508 e. The molecule has 0 amide bonds. The molecule has 188 valence electrons. The van der Waals surface area contributed by atoms with E-state index in [0.29, 0.717) is 19.4 Å². The number of aromatic hydroxyl groups is 1. The summed E-state index contributed by atoms with van der Waals surface area (Å²) in [7, 11) is 0. The Morgan fingerprint density at radius 1 is 1.17 bits per heavy atom. The van der Waals surface area contributed by atoms with Gasteiger partial charge in [0.15, 0.2) is 11.4 Å². The van der Waals surface area contributed by atoms with E-state index in [0.717, 1.165) is 6.07 Å². The molecule has 35 heavy (non-hydrogen) atoms. The van der Waals surface area contributed by atoms with Crippen LogP contribution in [0, 0.1) is 11.8 Å². The average molecular weight is 495 g/mol. The summed E-state index contributed by atoms with van der Waals surface area (Å²) in [5.41, 5.74) is -3.29. The smallest absolute Gasteiger partial charge is 0.508 e. The van der Waals surface area contributed by atoms with Crippen LogP contribution in [0.15, 0.2) is 23.0 Å². The number of alkyl halides is 3. The number of ether oxygens (including phenoxy) is 1. The molecule has 5 rings (SSSR count). The first-order valence-electron chi connectivity index (χ1n) is 11.4. The fourth-order valence-electron chi connectivity index (χ4n) is 6.03. The number of benzene rings is 1. The van der Waals surface area contributed by atoms with Crippen molar-refractivity contribution in [3.05, 3.63) is 39.7 Å². The van der Waals surface area contributed by atoms with Crippen LogP contribution in [0.25, 0.3) is 5.76 Å². The molecule has 5 N–H and O–H groups in total. The van der Waals surface area contributed by atoms with Gasteiger partial charge in [-0.05, 0) is 51.1 Å². The summed E-state index contributed by atoms with van der Waals surface area (Å²) in [6.07, 6.45) is -4.32. The number of aliphatic hydroxyl groups is 3. The molecule has 1 saturated carbocycles. The highest BCUT2D eigenvalue weighted by molar-refractivity contribution is 6.13. The van der Waals surface area contributed by atoms with Crippen LogP contribution in [0.4, 0.5) is 13.2 Å². The second-order valence-electron chi connectivity index (χ2n) is 9.66. The molecule has 2 fully saturated rings. The lowest BCUT2D eigenvalue weighted by atomic mass is 9.59. The van der Waals surface area contributed by atoms with Crippen molar-refractivity contribution in [1.29, 1.82) is 0 Å². The maximum Gasteiger partial charge on any atom is 0.573 e. The third-order valence-corrected chi connectivity index (χ3v) is 7.71. The number of hydrogen-bond acceptors (Lipinski definition) is 8. The zero-order chi connectivity index (χ0) is 25.4. The van der Waals surface area contributed by atoms with E-state index >= 15 is 0 Å². The number of Topliss-reactive ketones (excluding diaryl/α,β-unsaturated/α-hetero) is 2. The van der Waals surface area contributed by atoms with Crippen molar-refractivity contribution < 1.29 is 47.9 Å². The fraction of sp³-hybridized carbons (Fsp3) is 0.500. The third-order valence-electron chi connectivity index (χ3n) is 7.71. The Kier molecular flexibility index (Phi) is 5.23. The number of allylic oxidation sites excluding steroid dienone is 1. The van der Waals surface area contributed by atoms with E-state index in [1.807, 2.05) is 0 Å². The normalized spacial score (nSPS) is 30.8. The Labute approximate surface area is 197 Å². The molecule has 0 aromatic heterocycles. The molecular formula is C24H24F3NO7. The predicted molar refractivity (Wildman–Crippen MR) is 115 cm³/mol.